The third-order valence-corrected chi connectivity index (χ3v) is 9.33. The largest absolute Gasteiger partial charge is 0.391 e. The van der Waals surface area contributed by atoms with Crippen molar-refractivity contribution < 1.29 is 19.5 Å². The molecule has 4 heterocycles. The first-order chi connectivity index (χ1) is 20.9. The number of pyridine rings is 1. The number of aromatic nitrogens is 1. The van der Waals surface area contributed by atoms with E-state index >= 15 is 0 Å². The van der Waals surface area contributed by atoms with Gasteiger partial charge in [0, 0.05) is 53.6 Å². The molecule has 2 aromatic carbocycles. The number of aliphatic hydroxyl groups is 1. The van der Waals surface area contributed by atoms with E-state index in [0.717, 1.165) is 34.5 Å². The summed E-state index contributed by atoms with van der Waals surface area (Å²) in [6.07, 6.45) is 4.57. The summed E-state index contributed by atoms with van der Waals surface area (Å²) in [5.74, 6) is 0.0933. The highest BCUT2D eigenvalue weighted by Gasteiger charge is 2.30. The van der Waals surface area contributed by atoms with Crippen LogP contribution >= 0.6 is 11.3 Å². The van der Waals surface area contributed by atoms with Crippen LogP contribution < -0.4 is 20.4 Å². The first kappa shape index (κ1) is 27.3. The Bertz CT molecular complexity index is 1710. The van der Waals surface area contributed by atoms with Crippen LogP contribution in [0.2, 0.25) is 0 Å². The number of thiophene rings is 1. The molecule has 1 atom stereocenters. The monoisotopic (exact) mass is 593 g/mol. The summed E-state index contributed by atoms with van der Waals surface area (Å²) in [5.41, 5.74) is 4.34. The Labute approximate surface area is 253 Å². The van der Waals surface area contributed by atoms with E-state index in [-0.39, 0.29) is 17.7 Å². The number of hydrogen-bond donors (Lipinski definition) is 3. The molecule has 0 spiro atoms. The van der Waals surface area contributed by atoms with Gasteiger partial charge in [-0.1, -0.05) is 18.2 Å². The number of fused-ring (bicyclic) bond motifs is 3. The molecule has 4 aromatic rings. The van der Waals surface area contributed by atoms with E-state index in [9.17, 15) is 19.5 Å². The molecule has 7 rings (SSSR count). The summed E-state index contributed by atoms with van der Waals surface area (Å²) in [6.45, 7) is 1.56. The summed E-state index contributed by atoms with van der Waals surface area (Å²) in [7, 11) is 0. The third kappa shape index (κ3) is 5.51. The molecule has 218 valence electrons. The van der Waals surface area contributed by atoms with Crippen LogP contribution in [-0.4, -0.2) is 59.6 Å². The molecule has 0 radical (unpaired) electrons. The average molecular weight is 594 g/mol. The summed E-state index contributed by atoms with van der Waals surface area (Å²) < 4.78 is 0. The number of para-hydroxylation sites is 1. The number of β-amino-alcohol motifs (C(OH)–C–C–N with tert-alkyl or cyclic N) is 1. The van der Waals surface area contributed by atoms with Crippen molar-refractivity contribution in [2.24, 2.45) is 0 Å². The SMILES string of the molecule is O=C(NC1CC1)c1cc2c(s1)-c1ccccc1N(C(=O)c1ccc(NC(=O)c3cccnc3N3CC[C@@H](O)C3)cc1)CC2. The lowest BCUT2D eigenvalue weighted by molar-refractivity contribution is 0.0952. The molecule has 3 amide bonds. The van der Waals surface area contributed by atoms with Gasteiger partial charge in [-0.2, -0.15) is 0 Å². The summed E-state index contributed by atoms with van der Waals surface area (Å²) in [5, 5.41) is 15.9. The first-order valence-electron chi connectivity index (χ1n) is 14.6. The lowest BCUT2D eigenvalue weighted by Crippen LogP contribution is -2.32. The van der Waals surface area contributed by atoms with Crippen molar-refractivity contribution in [1.82, 2.24) is 10.3 Å². The van der Waals surface area contributed by atoms with Crippen LogP contribution in [0.3, 0.4) is 0 Å². The number of hydrogen-bond acceptors (Lipinski definition) is 7. The molecule has 9 nitrogen and oxygen atoms in total. The van der Waals surface area contributed by atoms with Crippen molar-refractivity contribution in [2.45, 2.75) is 37.8 Å². The Morgan fingerprint density at radius 2 is 1.74 bits per heavy atom. The summed E-state index contributed by atoms with van der Waals surface area (Å²) in [6, 6.07) is 20.4. The number of nitrogens with zero attached hydrogens (tertiary/aromatic N) is 3. The lowest BCUT2D eigenvalue weighted by atomic mass is 10.1. The first-order valence-corrected chi connectivity index (χ1v) is 15.4. The van der Waals surface area contributed by atoms with E-state index in [1.54, 1.807) is 47.5 Å². The highest BCUT2D eigenvalue weighted by molar-refractivity contribution is 7.17. The third-order valence-electron chi connectivity index (χ3n) is 8.12. The van der Waals surface area contributed by atoms with Crippen LogP contribution in [0.4, 0.5) is 17.2 Å². The van der Waals surface area contributed by atoms with E-state index < -0.39 is 6.10 Å². The van der Waals surface area contributed by atoms with E-state index in [4.69, 9.17) is 0 Å². The van der Waals surface area contributed by atoms with Gasteiger partial charge in [0.1, 0.15) is 5.82 Å². The Hall–Kier alpha value is -4.54. The van der Waals surface area contributed by atoms with E-state index in [0.29, 0.717) is 66.0 Å². The maximum absolute atomic E-state index is 13.8. The topological polar surface area (TPSA) is 115 Å². The Morgan fingerprint density at radius 3 is 2.51 bits per heavy atom. The molecule has 3 N–H and O–H groups in total. The van der Waals surface area contributed by atoms with Crippen LogP contribution in [0.1, 0.15) is 55.2 Å². The van der Waals surface area contributed by atoms with Crippen LogP contribution in [0.25, 0.3) is 10.4 Å². The molecule has 3 aliphatic rings. The highest BCUT2D eigenvalue weighted by Crippen LogP contribution is 2.42. The van der Waals surface area contributed by atoms with Crippen molar-refractivity contribution >= 4 is 46.3 Å². The number of carbonyl (C=O) groups excluding carboxylic acids is 3. The molecule has 2 aromatic heterocycles. The fourth-order valence-electron chi connectivity index (χ4n) is 5.71. The molecular weight excluding hydrogens is 562 g/mol. The molecule has 1 saturated carbocycles. The summed E-state index contributed by atoms with van der Waals surface area (Å²) in [4.78, 5) is 49.6. The number of carbonyl (C=O) groups is 3. The second kappa shape index (κ2) is 11.3. The number of nitrogens with one attached hydrogen (secondary N) is 2. The second-order valence-corrected chi connectivity index (χ2v) is 12.3. The maximum Gasteiger partial charge on any atom is 0.261 e. The van der Waals surface area contributed by atoms with Crippen LogP contribution in [-0.2, 0) is 6.42 Å². The molecule has 0 unspecified atom stereocenters. The standard InChI is InChI=1S/C33H31N5O4S/c39-24-14-16-37(19-24)30-26(5-3-15-34-30)31(40)35-22-9-7-20(8-10-22)33(42)38-17-13-21-18-28(32(41)36-23-11-12-23)43-29(21)25-4-1-2-6-27(25)38/h1-10,15,18,23-24,39H,11-14,16-17,19H2,(H,35,40)(H,36,41)/t24-/m1/s1. The summed E-state index contributed by atoms with van der Waals surface area (Å²) >= 11 is 1.48. The predicted molar refractivity (Wildman–Crippen MR) is 167 cm³/mol. The fourth-order valence-corrected chi connectivity index (χ4v) is 6.86. The molecule has 0 bridgehead atoms. The quantitative estimate of drug-likeness (QED) is 0.298. The smallest absolute Gasteiger partial charge is 0.261 e. The number of aliphatic hydroxyl groups excluding tert-OH is 1. The minimum absolute atomic E-state index is 0.0206. The fraction of sp³-hybridized carbons (Fsp3) is 0.273. The molecule has 2 fully saturated rings. The van der Waals surface area contributed by atoms with Gasteiger partial charge >= 0.3 is 0 Å². The number of amides is 3. The van der Waals surface area contributed by atoms with Gasteiger partial charge in [0.15, 0.2) is 0 Å². The molecule has 10 heteroatoms. The predicted octanol–water partition coefficient (Wildman–Crippen LogP) is 4.73. The highest BCUT2D eigenvalue weighted by atomic mass is 32.1. The lowest BCUT2D eigenvalue weighted by Gasteiger charge is -2.23. The van der Waals surface area contributed by atoms with Crippen molar-refractivity contribution in [3.05, 3.63) is 94.5 Å². The minimum Gasteiger partial charge on any atom is -0.391 e. The molecule has 43 heavy (non-hydrogen) atoms. The van der Waals surface area contributed by atoms with Crippen molar-refractivity contribution in [2.75, 3.05) is 34.8 Å². The van der Waals surface area contributed by atoms with Gasteiger partial charge in [0.25, 0.3) is 17.7 Å². The Kier molecular flexibility index (Phi) is 7.16. The van der Waals surface area contributed by atoms with Gasteiger partial charge in [-0.05, 0) is 79.8 Å². The van der Waals surface area contributed by atoms with Crippen LogP contribution in [0.5, 0.6) is 0 Å². The van der Waals surface area contributed by atoms with Crippen molar-refractivity contribution in [1.29, 1.82) is 0 Å². The zero-order valence-corrected chi connectivity index (χ0v) is 24.3. The van der Waals surface area contributed by atoms with Gasteiger partial charge in [0.05, 0.1) is 22.2 Å². The number of anilines is 3. The van der Waals surface area contributed by atoms with Crippen molar-refractivity contribution in [3.63, 3.8) is 0 Å². The molecule has 1 saturated heterocycles. The van der Waals surface area contributed by atoms with Gasteiger partial charge in [-0.25, -0.2) is 4.98 Å². The Balaban J connectivity index is 1.08. The number of benzene rings is 2. The van der Waals surface area contributed by atoms with Gasteiger partial charge in [-0.15, -0.1) is 11.3 Å². The maximum atomic E-state index is 13.8. The van der Waals surface area contributed by atoms with Gasteiger partial charge in [-0.3, -0.25) is 14.4 Å². The van der Waals surface area contributed by atoms with Crippen LogP contribution in [0, 0.1) is 0 Å². The van der Waals surface area contributed by atoms with Crippen molar-refractivity contribution in [3.8, 4) is 10.4 Å². The van der Waals surface area contributed by atoms with Crippen LogP contribution in [0.15, 0.2) is 72.9 Å². The minimum atomic E-state index is -0.429. The van der Waals surface area contributed by atoms with Gasteiger partial charge < -0.3 is 25.5 Å². The normalized spacial score (nSPS) is 17.6. The molecule has 1 aliphatic carbocycles. The molecule has 2 aliphatic heterocycles. The zero-order valence-electron chi connectivity index (χ0n) is 23.5. The van der Waals surface area contributed by atoms with E-state index in [1.165, 1.54) is 11.3 Å². The van der Waals surface area contributed by atoms with Gasteiger partial charge in [0.2, 0.25) is 0 Å². The average Bonchev–Trinajstić information content (AvgIpc) is 3.61. The van der Waals surface area contributed by atoms with E-state index in [1.807, 2.05) is 35.2 Å². The zero-order chi connectivity index (χ0) is 29.5. The number of rotatable bonds is 6. The second-order valence-electron chi connectivity index (χ2n) is 11.2. The molecular formula is C33H31N5O4S. The van der Waals surface area contributed by atoms with E-state index in [2.05, 4.69) is 15.6 Å². The Morgan fingerprint density at radius 1 is 0.930 bits per heavy atom.